The highest BCUT2D eigenvalue weighted by atomic mass is 31.2. The standard InChI is InChI=1S/C7H13O6P/c1-5(8)4-6(7(9)10)14(11,12-2)13-3/h6H,4H2,1-3H3,(H,9,10). The molecule has 0 aromatic rings. The third kappa shape index (κ3) is 3.21. The van der Waals surface area contributed by atoms with E-state index in [-0.39, 0.29) is 12.2 Å². The monoisotopic (exact) mass is 224 g/mol. The summed E-state index contributed by atoms with van der Waals surface area (Å²) < 4.78 is 20.7. The van der Waals surface area contributed by atoms with Crippen LogP contribution in [0.15, 0.2) is 0 Å². The highest BCUT2D eigenvalue weighted by molar-refractivity contribution is 7.55. The van der Waals surface area contributed by atoms with Crippen LogP contribution in [0.4, 0.5) is 0 Å². The first-order valence-electron chi connectivity index (χ1n) is 3.80. The summed E-state index contributed by atoms with van der Waals surface area (Å²) in [6, 6.07) is 0. The van der Waals surface area contributed by atoms with Gasteiger partial charge in [0, 0.05) is 20.6 Å². The minimum absolute atomic E-state index is 0.367. The van der Waals surface area contributed by atoms with E-state index in [0.717, 1.165) is 14.2 Å². The Morgan fingerprint density at radius 1 is 1.36 bits per heavy atom. The molecular formula is C7H13O6P. The van der Waals surface area contributed by atoms with Crippen molar-refractivity contribution in [2.75, 3.05) is 14.2 Å². The van der Waals surface area contributed by atoms with Crippen molar-refractivity contribution in [1.82, 2.24) is 0 Å². The van der Waals surface area contributed by atoms with Gasteiger partial charge >= 0.3 is 13.6 Å². The molecule has 0 aromatic heterocycles. The zero-order chi connectivity index (χ0) is 11.4. The number of carbonyl (C=O) groups is 2. The predicted molar refractivity (Wildman–Crippen MR) is 48.3 cm³/mol. The van der Waals surface area contributed by atoms with Crippen LogP contribution in [0.1, 0.15) is 13.3 Å². The second kappa shape index (κ2) is 5.24. The Morgan fingerprint density at radius 2 is 1.79 bits per heavy atom. The van der Waals surface area contributed by atoms with Gasteiger partial charge in [0.05, 0.1) is 0 Å². The average molecular weight is 224 g/mol. The number of Topliss-reactive ketones (excluding diaryl/α,β-unsaturated/α-hetero) is 1. The second-order valence-electron chi connectivity index (χ2n) is 2.67. The van der Waals surface area contributed by atoms with E-state index in [0.29, 0.717) is 0 Å². The van der Waals surface area contributed by atoms with Gasteiger partial charge in [0.2, 0.25) is 0 Å². The van der Waals surface area contributed by atoms with Gasteiger partial charge in [0.25, 0.3) is 0 Å². The van der Waals surface area contributed by atoms with Crippen molar-refractivity contribution >= 4 is 19.3 Å². The van der Waals surface area contributed by atoms with Gasteiger partial charge in [-0.05, 0) is 6.92 Å². The number of aliphatic carboxylic acids is 1. The molecule has 1 atom stereocenters. The molecule has 0 spiro atoms. The maximum absolute atomic E-state index is 11.7. The van der Waals surface area contributed by atoms with Crippen LogP contribution in [-0.2, 0) is 23.2 Å². The van der Waals surface area contributed by atoms with E-state index in [1.165, 1.54) is 6.92 Å². The SMILES string of the molecule is COP(=O)(OC)C(CC(C)=O)C(=O)O. The van der Waals surface area contributed by atoms with Gasteiger partial charge < -0.3 is 14.2 Å². The Bertz CT molecular complexity index is 265. The normalized spacial score (nSPS) is 13.6. The third-order valence-electron chi connectivity index (χ3n) is 1.66. The fraction of sp³-hybridized carbons (Fsp3) is 0.714. The largest absolute Gasteiger partial charge is 0.481 e. The second-order valence-corrected chi connectivity index (χ2v) is 5.10. The molecule has 7 heteroatoms. The fourth-order valence-electron chi connectivity index (χ4n) is 0.936. The van der Waals surface area contributed by atoms with Crippen LogP contribution in [0.3, 0.4) is 0 Å². The summed E-state index contributed by atoms with van der Waals surface area (Å²) >= 11 is 0. The van der Waals surface area contributed by atoms with Crippen molar-refractivity contribution in [3.8, 4) is 0 Å². The van der Waals surface area contributed by atoms with E-state index in [4.69, 9.17) is 5.11 Å². The van der Waals surface area contributed by atoms with Crippen LogP contribution >= 0.6 is 7.60 Å². The van der Waals surface area contributed by atoms with E-state index in [9.17, 15) is 14.2 Å². The molecule has 0 saturated carbocycles. The van der Waals surface area contributed by atoms with Crippen LogP contribution < -0.4 is 0 Å². The number of ketones is 1. The molecule has 0 radical (unpaired) electrons. The maximum atomic E-state index is 11.7. The van der Waals surface area contributed by atoms with E-state index in [1.807, 2.05) is 0 Å². The van der Waals surface area contributed by atoms with Crippen LogP contribution in [0.5, 0.6) is 0 Å². The van der Waals surface area contributed by atoms with Crippen LogP contribution in [-0.4, -0.2) is 36.7 Å². The van der Waals surface area contributed by atoms with Gasteiger partial charge in [-0.25, -0.2) is 0 Å². The van der Waals surface area contributed by atoms with Crippen molar-refractivity contribution in [2.24, 2.45) is 0 Å². The molecule has 0 aliphatic rings. The quantitative estimate of drug-likeness (QED) is 0.674. The molecule has 0 aliphatic heterocycles. The molecule has 0 saturated heterocycles. The van der Waals surface area contributed by atoms with Crippen molar-refractivity contribution in [2.45, 2.75) is 19.0 Å². The molecule has 1 N–H and O–H groups in total. The number of carbonyl (C=O) groups excluding carboxylic acids is 1. The molecule has 0 aromatic carbocycles. The Balaban J connectivity index is 4.89. The first kappa shape index (κ1) is 13.3. The fourth-order valence-corrected chi connectivity index (χ4v) is 2.34. The maximum Gasteiger partial charge on any atom is 0.344 e. The van der Waals surface area contributed by atoms with Crippen molar-refractivity contribution in [1.29, 1.82) is 0 Å². The molecule has 1 unspecified atom stereocenters. The first-order chi connectivity index (χ1) is 6.37. The summed E-state index contributed by atoms with van der Waals surface area (Å²) in [6.45, 7) is 1.21. The topological polar surface area (TPSA) is 89.9 Å². The predicted octanol–water partition coefficient (Wildman–Crippen LogP) is 0.905. The highest BCUT2D eigenvalue weighted by Gasteiger charge is 2.40. The zero-order valence-corrected chi connectivity index (χ0v) is 9.11. The Hall–Kier alpha value is -0.710. The zero-order valence-electron chi connectivity index (χ0n) is 8.22. The summed E-state index contributed by atoms with van der Waals surface area (Å²) in [7, 11) is -1.55. The number of hydrogen-bond donors (Lipinski definition) is 1. The van der Waals surface area contributed by atoms with Gasteiger partial charge in [-0.1, -0.05) is 0 Å². The number of carboxylic acids is 1. The molecule has 14 heavy (non-hydrogen) atoms. The minimum atomic E-state index is -3.72. The third-order valence-corrected chi connectivity index (χ3v) is 3.84. The van der Waals surface area contributed by atoms with Crippen molar-refractivity contribution in [3.63, 3.8) is 0 Å². The lowest BCUT2D eigenvalue weighted by atomic mass is 10.2. The van der Waals surface area contributed by atoms with Gasteiger partial charge in [-0.15, -0.1) is 0 Å². The lowest BCUT2D eigenvalue weighted by Gasteiger charge is -2.19. The molecule has 6 nitrogen and oxygen atoms in total. The number of rotatable bonds is 6. The number of hydrogen-bond acceptors (Lipinski definition) is 5. The van der Waals surface area contributed by atoms with E-state index >= 15 is 0 Å². The molecule has 0 heterocycles. The highest BCUT2D eigenvalue weighted by Crippen LogP contribution is 2.52. The lowest BCUT2D eigenvalue weighted by molar-refractivity contribution is -0.138. The van der Waals surface area contributed by atoms with Crippen LogP contribution in [0, 0.1) is 0 Å². The van der Waals surface area contributed by atoms with E-state index in [2.05, 4.69) is 9.05 Å². The smallest absolute Gasteiger partial charge is 0.344 e. The molecular weight excluding hydrogens is 211 g/mol. The van der Waals surface area contributed by atoms with Crippen molar-refractivity contribution < 1.29 is 28.3 Å². The molecule has 0 bridgehead atoms. The Morgan fingerprint density at radius 3 is 2.00 bits per heavy atom. The van der Waals surface area contributed by atoms with Gasteiger partial charge in [0.15, 0.2) is 5.66 Å². The van der Waals surface area contributed by atoms with E-state index < -0.39 is 19.2 Å². The van der Waals surface area contributed by atoms with Gasteiger partial charge in [-0.3, -0.25) is 14.2 Å². The Labute approximate surface area is 81.7 Å². The molecule has 82 valence electrons. The average Bonchev–Trinajstić information content (AvgIpc) is 2.12. The lowest BCUT2D eigenvalue weighted by Crippen LogP contribution is -2.24. The molecule has 0 amide bonds. The van der Waals surface area contributed by atoms with Crippen LogP contribution in [0.2, 0.25) is 0 Å². The van der Waals surface area contributed by atoms with Gasteiger partial charge in [-0.2, -0.15) is 0 Å². The first-order valence-corrected chi connectivity index (χ1v) is 5.42. The molecule has 0 rings (SSSR count). The number of carboxylic acid groups (broad SMARTS) is 1. The molecule has 0 fully saturated rings. The van der Waals surface area contributed by atoms with Crippen molar-refractivity contribution in [3.05, 3.63) is 0 Å². The van der Waals surface area contributed by atoms with E-state index in [1.54, 1.807) is 0 Å². The summed E-state index contributed by atoms with van der Waals surface area (Å²) in [4.78, 5) is 21.5. The van der Waals surface area contributed by atoms with Gasteiger partial charge in [0.1, 0.15) is 5.78 Å². The van der Waals surface area contributed by atoms with Crippen LogP contribution in [0.25, 0.3) is 0 Å². The summed E-state index contributed by atoms with van der Waals surface area (Å²) in [5, 5.41) is 8.74. The summed E-state index contributed by atoms with van der Waals surface area (Å²) in [6.07, 6.45) is -0.367. The summed E-state index contributed by atoms with van der Waals surface area (Å²) in [5.74, 6) is -1.75. The Kier molecular flexibility index (Phi) is 4.97. The minimum Gasteiger partial charge on any atom is -0.481 e. The summed E-state index contributed by atoms with van der Waals surface area (Å²) in [5.41, 5.74) is -1.44. The molecule has 0 aliphatic carbocycles.